The highest BCUT2D eigenvalue weighted by molar-refractivity contribution is 5.92. The van der Waals surface area contributed by atoms with Gasteiger partial charge in [-0.05, 0) is 51.9 Å². The number of hydrogen-bond acceptors (Lipinski definition) is 6. The van der Waals surface area contributed by atoms with Gasteiger partial charge in [-0.15, -0.1) is 0 Å². The average Bonchev–Trinajstić information content (AvgIpc) is 3.36. The van der Waals surface area contributed by atoms with Gasteiger partial charge in [-0.25, -0.2) is 14.6 Å². The van der Waals surface area contributed by atoms with Crippen LogP contribution in [0, 0.1) is 26.7 Å². The quantitative estimate of drug-likeness (QED) is 0.736. The Kier molecular flexibility index (Phi) is 4.49. The van der Waals surface area contributed by atoms with Gasteiger partial charge in [0.15, 0.2) is 17.4 Å². The van der Waals surface area contributed by atoms with Crippen molar-refractivity contribution in [3.05, 3.63) is 41.4 Å². The number of hydrogen-bond donors (Lipinski definition) is 2. The van der Waals surface area contributed by atoms with Gasteiger partial charge in [-0.1, -0.05) is 0 Å². The maximum atomic E-state index is 12.5. The van der Waals surface area contributed by atoms with Crippen LogP contribution in [0.3, 0.4) is 0 Å². The highest BCUT2D eigenvalue weighted by atomic mass is 16.3. The Morgan fingerprint density at radius 3 is 2.74 bits per heavy atom. The van der Waals surface area contributed by atoms with E-state index in [0.29, 0.717) is 29.8 Å². The lowest BCUT2D eigenvalue weighted by atomic mass is 10.1. The normalized spacial score (nSPS) is 16.6. The number of rotatable bonds is 4. The third-order valence-corrected chi connectivity index (χ3v) is 4.58. The SMILES string of the molecule is Cc1cc(C)n(-c2cc(NC(=O)[C@@H]3CCNC3)nc(-c3ccc(C)o3)n2)n1. The number of aromatic nitrogens is 4. The summed E-state index contributed by atoms with van der Waals surface area (Å²) in [6.45, 7) is 7.30. The molecule has 0 saturated carbocycles. The zero-order valence-corrected chi connectivity index (χ0v) is 15.6. The molecule has 2 N–H and O–H groups in total. The lowest BCUT2D eigenvalue weighted by molar-refractivity contribution is -0.119. The molecule has 0 aromatic carbocycles. The molecule has 27 heavy (non-hydrogen) atoms. The standard InChI is InChI=1S/C19H22N6O2/c1-11-8-12(2)25(24-11)17-9-16(22-19(26)14-6-7-20-10-14)21-18(23-17)15-5-4-13(3)27-15/h4-5,8-9,14,20H,6-7,10H2,1-3H3,(H,21,22,23,26)/t14-/m1/s1. The Morgan fingerprint density at radius 2 is 2.11 bits per heavy atom. The first-order valence-corrected chi connectivity index (χ1v) is 9.01. The van der Waals surface area contributed by atoms with E-state index in [1.807, 2.05) is 39.0 Å². The summed E-state index contributed by atoms with van der Waals surface area (Å²) in [5.74, 6) is 2.66. The second kappa shape index (κ2) is 6.96. The van der Waals surface area contributed by atoms with Crippen LogP contribution in [0.25, 0.3) is 17.4 Å². The Morgan fingerprint density at radius 1 is 1.26 bits per heavy atom. The molecule has 8 nitrogen and oxygen atoms in total. The third kappa shape index (κ3) is 3.61. The number of nitrogens with one attached hydrogen (secondary N) is 2. The van der Waals surface area contributed by atoms with E-state index in [0.717, 1.165) is 30.1 Å². The smallest absolute Gasteiger partial charge is 0.229 e. The van der Waals surface area contributed by atoms with Crippen LogP contribution in [-0.2, 0) is 4.79 Å². The molecule has 3 aromatic rings. The third-order valence-electron chi connectivity index (χ3n) is 4.58. The summed E-state index contributed by atoms with van der Waals surface area (Å²) in [6.07, 6.45) is 0.825. The number of amides is 1. The number of nitrogens with zero attached hydrogens (tertiary/aromatic N) is 4. The Balaban J connectivity index is 1.74. The fraction of sp³-hybridized carbons (Fsp3) is 0.368. The monoisotopic (exact) mass is 366 g/mol. The summed E-state index contributed by atoms with van der Waals surface area (Å²) in [6, 6.07) is 7.39. The van der Waals surface area contributed by atoms with Gasteiger partial charge in [-0.3, -0.25) is 4.79 Å². The van der Waals surface area contributed by atoms with Crippen molar-refractivity contribution < 1.29 is 9.21 Å². The molecular formula is C19H22N6O2. The largest absolute Gasteiger partial charge is 0.458 e. The summed E-state index contributed by atoms with van der Waals surface area (Å²) < 4.78 is 7.42. The predicted octanol–water partition coefficient (Wildman–Crippen LogP) is 2.40. The molecule has 3 aromatic heterocycles. The first-order chi connectivity index (χ1) is 13.0. The van der Waals surface area contributed by atoms with E-state index in [9.17, 15) is 4.79 Å². The van der Waals surface area contributed by atoms with Crippen molar-refractivity contribution in [2.45, 2.75) is 27.2 Å². The number of aryl methyl sites for hydroxylation is 3. The van der Waals surface area contributed by atoms with E-state index >= 15 is 0 Å². The van der Waals surface area contributed by atoms with Crippen molar-refractivity contribution in [2.75, 3.05) is 18.4 Å². The summed E-state index contributed by atoms with van der Waals surface area (Å²) in [4.78, 5) is 21.6. The van der Waals surface area contributed by atoms with Crippen LogP contribution in [0.4, 0.5) is 5.82 Å². The minimum atomic E-state index is -0.0496. The zero-order chi connectivity index (χ0) is 19.0. The second-order valence-corrected chi connectivity index (χ2v) is 6.86. The molecule has 0 radical (unpaired) electrons. The lowest BCUT2D eigenvalue weighted by Gasteiger charge is -2.12. The number of carbonyl (C=O) groups is 1. The fourth-order valence-electron chi connectivity index (χ4n) is 3.24. The zero-order valence-electron chi connectivity index (χ0n) is 15.6. The van der Waals surface area contributed by atoms with E-state index in [1.54, 1.807) is 10.7 Å². The average molecular weight is 366 g/mol. The molecule has 140 valence electrons. The topological polar surface area (TPSA) is 97.9 Å². The van der Waals surface area contributed by atoms with Crippen LogP contribution >= 0.6 is 0 Å². The van der Waals surface area contributed by atoms with Crippen molar-refractivity contribution in [3.63, 3.8) is 0 Å². The molecule has 8 heteroatoms. The van der Waals surface area contributed by atoms with Crippen molar-refractivity contribution in [1.29, 1.82) is 0 Å². The van der Waals surface area contributed by atoms with Crippen LogP contribution in [-0.4, -0.2) is 38.7 Å². The van der Waals surface area contributed by atoms with Gasteiger partial charge in [0, 0.05) is 18.3 Å². The van der Waals surface area contributed by atoms with Gasteiger partial charge in [0.05, 0.1) is 11.6 Å². The molecule has 1 amide bonds. The van der Waals surface area contributed by atoms with Gasteiger partial charge in [0.25, 0.3) is 0 Å². The van der Waals surface area contributed by atoms with Crippen molar-refractivity contribution in [3.8, 4) is 17.4 Å². The Bertz CT molecular complexity index is 984. The van der Waals surface area contributed by atoms with Crippen molar-refractivity contribution in [1.82, 2.24) is 25.1 Å². The number of furan rings is 1. The summed E-state index contributed by atoms with van der Waals surface area (Å²) in [5.41, 5.74) is 1.84. The molecule has 0 spiro atoms. The summed E-state index contributed by atoms with van der Waals surface area (Å²) in [7, 11) is 0. The highest BCUT2D eigenvalue weighted by Crippen LogP contribution is 2.23. The van der Waals surface area contributed by atoms with Gasteiger partial charge in [-0.2, -0.15) is 5.10 Å². The first-order valence-electron chi connectivity index (χ1n) is 9.01. The van der Waals surface area contributed by atoms with Crippen LogP contribution in [0.1, 0.15) is 23.6 Å². The number of anilines is 1. The Labute approximate surface area is 157 Å². The van der Waals surface area contributed by atoms with Gasteiger partial charge < -0.3 is 15.1 Å². The molecule has 1 aliphatic heterocycles. The maximum absolute atomic E-state index is 12.5. The van der Waals surface area contributed by atoms with E-state index in [1.165, 1.54) is 0 Å². The fourth-order valence-corrected chi connectivity index (χ4v) is 3.24. The highest BCUT2D eigenvalue weighted by Gasteiger charge is 2.23. The van der Waals surface area contributed by atoms with E-state index in [4.69, 9.17) is 4.42 Å². The summed E-state index contributed by atoms with van der Waals surface area (Å²) in [5, 5.41) is 10.6. The predicted molar refractivity (Wildman–Crippen MR) is 101 cm³/mol. The molecule has 1 aliphatic rings. The van der Waals surface area contributed by atoms with Gasteiger partial charge in [0.1, 0.15) is 11.6 Å². The van der Waals surface area contributed by atoms with Gasteiger partial charge >= 0.3 is 0 Å². The molecule has 1 atom stereocenters. The van der Waals surface area contributed by atoms with Crippen LogP contribution in [0.15, 0.2) is 28.7 Å². The number of carbonyl (C=O) groups excluding carboxylic acids is 1. The van der Waals surface area contributed by atoms with Crippen LogP contribution < -0.4 is 10.6 Å². The minimum Gasteiger partial charge on any atom is -0.458 e. The molecule has 1 fully saturated rings. The molecule has 0 bridgehead atoms. The first kappa shape index (κ1) is 17.4. The van der Waals surface area contributed by atoms with Gasteiger partial charge in [0.2, 0.25) is 5.91 Å². The summed E-state index contributed by atoms with van der Waals surface area (Å²) >= 11 is 0. The molecule has 0 aliphatic carbocycles. The van der Waals surface area contributed by atoms with Crippen molar-refractivity contribution >= 4 is 11.7 Å². The Hall–Kier alpha value is -3.00. The van der Waals surface area contributed by atoms with E-state index in [-0.39, 0.29) is 11.8 Å². The minimum absolute atomic E-state index is 0.0420. The maximum Gasteiger partial charge on any atom is 0.229 e. The van der Waals surface area contributed by atoms with Crippen LogP contribution in [0.5, 0.6) is 0 Å². The van der Waals surface area contributed by atoms with Crippen molar-refractivity contribution in [2.24, 2.45) is 5.92 Å². The molecule has 0 unspecified atom stereocenters. The molecule has 4 heterocycles. The lowest BCUT2D eigenvalue weighted by Crippen LogP contribution is -2.25. The van der Waals surface area contributed by atoms with Crippen LogP contribution in [0.2, 0.25) is 0 Å². The van der Waals surface area contributed by atoms with E-state index < -0.39 is 0 Å². The second-order valence-electron chi connectivity index (χ2n) is 6.86. The van der Waals surface area contributed by atoms with E-state index in [2.05, 4.69) is 25.7 Å². The molecular weight excluding hydrogens is 344 g/mol. The molecule has 1 saturated heterocycles. The molecule has 4 rings (SSSR count).